The molecule has 2 aromatic rings. The van der Waals surface area contributed by atoms with Gasteiger partial charge in [0.15, 0.2) is 0 Å². The Kier molecular flexibility index (Phi) is 4.75. The highest BCUT2D eigenvalue weighted by atomic mass is 35.5. The van der Waals surface area contributed by atoms with Crippen LogP contribution in [0.4, 0.5) is 14.5 Å². The molecule has 0 saturated heterocycles. The average Bonchev–Trinajstić information content (AvgIpc) is 2.46. The number of rotatable bonds is 5. The van der Waals surface area contributed by atoms with Crippen molar-refractivity contribution in [3.8, 4) is 0 Å². The van der Waals surface area contributed by atoms with Crippen LogP contribution in [0.3, 0.4) is 0 Å². The number of hydrogen-bond acceptors (Lipinski definition) is 2. The van der Waals surface area contributed by atoms with Crippen molar-refractivity contribution in [1.82, 2.24) is 0 Å². The molecule has 1 unspecified atom stereocenters. The Morgan fingerprint density at radius 3 is 2.29 bits per heavy atom. The van der Waals surface area contributed by atoms with Crippen LogP contribution < -0.4 is 11.1 Å². The summed E-state index contributed by atoms with van der Waals surface area (Å²) in [5.74, 6) is -0.656. The lowest BCUT2D eigenvalue weighted by atomic mass is 10.0. The van der Waals surface area contributed by atoms with Crippen LogP contribution >= 0.6 is 11.6 Å². The number of nitrogens with two attached hydrogens (primary N) is 1. The molecular formula is C15H13ClF2N2O. The summed E-state index contributed by atoms with van der Waals surface area (Å²) in [6.07, 6.45) is -2.60. The van der Waals surface area contributed by atoms with Crippen molar-refractivity contribution in [2.75, 3.05) is 5.32 Å². The van der Waals surface area contributed by atoms with Gasteiger partial charge in [0, 0.05) is 16.3 Å². The normalized spacial score (nSPS) is 12.2. The predicted molar refractivity (Wildman–Crippen MR) is 78.4 cm³/mol. The molecule has 0 aliphatic carbocycles. The zero-order chi connectivity index (χ0) is 15.4. The molecule has 0 radical (unpaired) electrons. The van der Waals surface area contributed by atoms with Crippen LogP contribution in [-0.4, -0.2) is 5.91 Å². The predicted octanol–water partition coefficient (Wildman–Crippen LogP) is 3.92. The quantitative estimate of drug-likeness (QED) is 0.879. The molecule has 0 bridgehead atoms. The summed E-state index contributed by atoms with van der Waals surface area (Å²) >= 11 is 5.78. The number of alkyl halides is 2. The van der Waals surface area contributed by atoms with E-state index in [0.29, 0.717) is 16.3 Å². The largest absolute Gasteiger partial charge is 0.370 e. The van der Waals surface area contributed by atoms with Crippen LogP contribution in [-0.2, 0) is 4.79 Å². The van der Waals surface area contributed by atoms with Gasteiger partial charge < -0.3 is 11.1 Å². The standard InChI is InChI=1S/C15H13ClF2N2O/c16-11-4-6-12(7-5-11)20-13(15(19)21)9-2-1-3-10(8-9)14(17)18/h1-8,13-14,20H,(H2,19,21). The lowest BCUT2D eigenvalue weighted by molar-refractivity contribution is -0.118. The number of carbonyl (C=O) groups is 1. The number of hydrogen-bond donors (Lipinski definition) is 2. The molecule has 0 fully saturated rings. The van der Waals surface area contributed by atoms with E-state index in [9.17, 15) is 13.6 Å². The van der Waals surface area contributed by atoms with Crippen LogP contribution in [0.2, 0.25) is 5.02 Å². The minimum atomic E-state index is -2.60. The third-order valence-electron chi connectivity index (χ3n) is 2.94. The fraction of sp³-hybridized carbons (Fsp3) is 0.133. The van der Waals surface area contributed by atoms with E-state index in [4.69, 9.17) is 17.3 Å². The second-order valence-electron chi connectivity index (χ2n) is 4.46. The number of primary amides is 1. The number of anilines is 1. The fourth-order valence-electron chi connectivity index (χ4n) is 1.91. The molecule has 0 aliphatic heterocycles. The summed E-state index contributed by atoms with van der Waals surface area (Å²) in [5, 5.41) is 3.46. The zero-order valence-electron chi connectivity index (χ0n) is 10.9. The fourth-order valence-corrected chi connectivity index (χ4v) is 2.03. The number of nitrogens with one attached hydrogen (secondary N) is 1. The van der Waals surface area contributed by atoms with Gasteiger partial charge in [-0.25, -0.2) is 8.78 Å². The van der Waals surface area contributed by atoms with Crippen molar-refractivity contribution in [1.29, 1.82) is 0 Å². The van der Waals surface area contributed by atoms with Crippen LogP contribution in [0, 0.1) is 0 Å². The molecule has 3 N–H and O–H groups in total. The van der Waals surface area contributed by atoms with Crippen molar-refractivity contribution in [3.05, 3.63) is 64.7 Å². The number of benzene rings is 2. The second-order valence-corrected chi connectivity index (χ2v) is 4.89. The van der Waals surface area contributed by atoms with Crippen LogP contribution in [0.1, 0.15) is 23.6 Å². The molecule has 6 heteroatoms. The Morgan fingerprint density at radius 2 is 1.71 bits per heavy atom. The highest BCUT2D eigenvalue weighted by Crippen LogP contribution is 2.25. The number of amides is 1. The summed E-state index contributed by atoms with van der Waals surface area (Å²) in [4.78, 5) is 11.6. The molecule has 0 spiro atoms. The zero-order valence-corrected chi connectivity index (χ0v) is 11.6. The van der Waals surface area contributed by atoms with Crippen molar-refractivity contribution < 1.29 is 13.6 Å². The molecule has 2 aromatic carbocycles. The van der Waals surface area contributed by atoms with Gasteiger partial charge in [0.1, 0.15) is 6.04 Å². The minimum absolute atomic E-state index is 0.156. The van der Waals surface area contributed by atoms with E-state index in [2.05, 4.69) is 5.32 Å². The molecule has 0 aromatic heterocycles. The van der Waals surface area contributed by atoms with E-state index in [-0.39, 0.29) is 5.56 Å². The third-order valence-corrected chi connectivity index (χ3v) is 3.19. The Hall–Kier alpha value is -2.14. The summed E-state index contributed by atoms with van der Waals surface area (Å²) in [5.41, 5.74) is 6.20. The van der Waals surface area contributed by atoms with Crippen molar-refractivity contribution in [3.63, 3.8) is 0 Å². The Morgan fingerprint density at radius 1 is 1.10 bits per heavy atom. The van der Waals surface area contributed by atoms with Gasteiger partial charge in [-0.05, 0) is 35.9 Å². The summed E-state index contributed by atoms with van der Waals surface area (Å²) in [6, 6.07) is 11.4. The molecule has 21 heavy (non-hydrogen) atoms. The Bertz CT molecular complexity index is 632. The van der Waals surface area contributed by atoms with E-state index >= 15 is 0 Å². The Balaban J connectivity index is 2.28. The topological polar surface area (TPSA) is 55.1 Å². The van der Waals surface area contributed by atoms with E-state index in [1.165, 1.54) is 18.2 Å². The maximum atomic E-state index is 12.7. The molecule has 2 rings (SSSR count). The van der Waals surface area contributed by atoms with E-state index in [1.807, 2.05) is 0 Å². The summed E-state index contributed by atoms with van der Waals surface area (Å²) in [7, 11) is 0. The molecular weight excluding hydrogens is 298 g/mol. The number of halogens is 3. The van der Waals surface area contributed by atoms with Gasteiger partial charge in [-0.3, -0.25) is 4.79 Å². The van der Waals surface area contributed by atoms with Crippen molar-refractivity contribution in [2.45, 2.75) is 12.5 Å². The highest BCUT2D eigenvalue weighted by molar-refractivity contribution is 6.30. The first-order chi connectivity index (χ1) is 9.97. The molecule has 0 aliphatic rings. The third kappa shape index (κ3) is 3.92. The monoisotopic (exact) mass is 310 g/mol. The van der Waals surface area contributed by atoms with Gasteiger partial charge >= 0.3 is 0 Å². The average molecular weight is 311 g/mol. The second kappa shape index (κ2) is 6.54. The SMILES string of the molecule is NC(=O)C(Nc1ccc(Cl)cc1)c1cccc(C(F)F)c1. The van der Waals surface area contributed by atoms with Crippen molar-refractivity contribution >= 4 is 23.2 Å². The van der Waals surface area contributed by atoms with Gasteiger partial charge in [0.05, 0.1) is 0 Å². The van der Waals surface area contributed by atoms with Crippen LogP contribution in [0.25, 0.3) is 0 Å². The summed E-state index contributed by atoms with van der Waals surface area (Å²) in [6.45, 7) is 0. The maximum Gasteiger partial charge on any atom is 0.263 e. The molecule has 0 saturated carbocycles. The van der Waals surface area contributed by atoms with Gasteiger partial charge in [-0.1, -0.05) is 29.8 Å². The first kappa shape index (κ1) is 15.3. The van der Waals surface area contributed by atoms with E-state index < -0.39 is 18.4 Å². The number of carbonyl (C=O) groups excluding carboxylic acids is 1. The van der Waals surface area contributed by atoms with E-state index in [0.717, 1.165) is 0 Å². The lowest BCUT2D eigenvalue weighted by Gasteiger charge is -2.18. The van der Waals surface area contributed by atoms with Gasteiger partial charge in [-0.15, -0.1) is 0 Å². The summed E-state index contributed by atoms with van der Waals surface area (Å²) < 4.78 is 25.5. The Labute approximate surface area is 125 Å². The van der Waals surface area contributed by atoms with Crippen LogP contribution in [0.5, 0.6) is 0 Å². The van der Waals surface area contributed by atoms with Crippen molar-refractivity contribution in [2.24, 2.45) is 5.73 Å². The first-order valence-corrected chi connectivity index (χ1v) is 6.54. The molecule has 1 amide bonds. The van der Waals surface area contributed by atoms with Gasteiger partial charge in [-0.2, -0.15) is 0 Å². The minimum Gasteiger partial charge on any atom is -0.370 e. The van der Waals surface area contributed by atoms with Crippen LogP contribution in [0.15, 0.2) is 48.5 Å². The first-order valence-electron chi connectivity index (χ1n) is 6.17. The smallest absolute Gasteiger partial charge is 0.263 e. The molecule has 0 heterocycles. The highest BCUT2D eigenvalue weighted by Gasteiger charge is 2.19. The van der Waals surface area contributed by atoms with Gasteiger partial charge in [0.2, 0.25) is 5.91 Å². The molecule has 1 atom stereocenters. The maximum absolute atomic E-state index is 12.7. The molecule has 3 nitrogen and oxygen atoms in total. The van der Waals surface area contributed by atoms with Gasteiger partial charge in [0.25, 0.3) is 6.43 Å². The molecule has 110 valence electrons. The van der Waals surface area contributed by atoms with E-state index in [1.54, 1.807) is 30.3 Å². The lowest BCUT2D eigenvalue weighted by Crippen LogP contribution is -2.27.